The smallest absolute Gasteiger partial charge is 0.307 e. The number of carbonyl (C=O) groups excluding carboxylic acids is 3. The van der Waals surface area contributed by atoms with Crippen molar-refractivity contribution in [2.75, 3.05) is 33.4 Å². The van der Waals surface area contributed by atoms with Crippen LogP contribution in [0, 0.1) is 0 Å². The molecule has 0 aliphatic rings. The molecular formula is C20H28N2O5. The summed E-state index contributed by atoms with van der Waals surface area (Å²) in [6.45, 7) is 4.97. The molecule has 0 bridgehead atoms. The van der Waals surface area contributed by atoms with Crippen molar-refractivity contribution in [3.8, 4) is 5.75 Å². The number of amides is 2. The summed E-state index contributed by atoms with van der Waals surface area (Å²) < 4.78 is 10.1. The Balaban J connectivity index is 2.67. The SMILES string of the molecule is CCCOc1ccc(/C=C/C(=O)N(CCNC(C)=O)CCC(=O)OC)cc1. The summed E-state index contributed by atoms with van der Waals surface area (Å²) in [7, 11) is 1.31. The molecule has 1 aromatic rings. The minimum absolute atomic E-state index is 0.0968. The highest BCUT2D eigenvalue weighted by atomic mass is 16.5. The molecule has 0 aromatic heterocycles. The van der Waals surface area contributed by atoms with Crippen LogP contribution in [0.2, 0.25) is 0 Å². The van der Waals surface area contributed by atoms with Gasteiger partial charge in [-0.2, -0.15) is 0 Å². The van der Waals surface area contributed by atoms with Crippen molar-refractivity contribution in [3.05, 3.63) is 35.9 Å². The minimum atomic E-state index is -0.390. The van der Waals surface area contributed by atoms with E-state index in [1.807, 2.05) is 31.2 Å². The van der Waals surface area contributed by atoms with Gasteiger partial charge in [-0.3, -0.25) is 14.4 Å². The highest BCUT2D eigenvalue weighted by Crippen LogP contribution is 2.13. The summed E-state index contributed by atoms with van der Waals surface area (Å²) in [6.07, 6.45) is 4.19. The first-order valence-electron chi connectivity index (χ1n) is 8.97. The van der Waals surface area contributed by atoms with Gasteiger partial charge in [-0.1, -0.05) is 19.1 Å². The van der Waals surface area contributed by atoms with Gasteiger partial charge in [0.25, 0.3) is 0 Å². The number of nitrogens with zero attached hydrogens (tertiary/aromatic N) is 1. The van der Waals surface area contributed by atoms with Crippen LogP contribution in [0.15, 0.2) is 30.3 Å². The van der Waals surface area contributed by atoms with E-state index in [4.69, 9.17) is 4.74 Å². The van der Waals surface area contributed by atoms with Crippen LogP contribution in [0.4, 0.5) is 0 Å². The summed E-state index contributed by atoms with van der Waals surface area (Å²) in [5, 5.41) is 2.64. The molecule has 1 N–H and O–H groups in total. The first-order valence-corrected chi connectivity index (χ1v) is 8.97. The van der Waals surface area contributed by atoms with Crippen LogP contribution in [0.25, 0.3) is 6.08 Å². The maximum absolute atomic E-state index is 12.5. The fourth-order valence-electron chi connectivity index (χ4n) is 2.20. The van der Waals surface area contributed by atoms with Gasteiger partial charge in [0, 0.05) is 32.6 Å². The van der Waals surface area contributed by atoms with E-state index in [9.17, 15) is 14.4 Å². The summed E-state index contributed by atoms with van der Waals surface area (Å²) in [5.41, 5.74) is 0.863. The second kappa shape index (κ2) is 12.5. The van der Waals surface area contributed by atoms with Gasteiger partial charge in [0.15, 0.2) is 0 Å². The zero-order valence-electron chi connectivity index (χ0n) is 16.2. The predicted octanol–water partition coefficient (Wildman–Crippen LogP) is 2.02. The lowest BCUT2D eigenvalue weighted by Gasteiger charge is -2.20. The zero-order valence-corrected chi connectivity index (χ0v) is 16.2. The van der Waals surface area contributed by atoms with Gasteiger partial charge >= 0.3 is 5.97 Å². The molecule has 0 atom stereocenters. The Morgan fingerprint density at radius 3 is 2.44 bits per heavy atom. The van der Waals surface area contributed by atoms with Crippen LogP contribution >= 0.6 is 0 Å². The zero-order chi connectivity index (χ0) is 20.1. The Hall–Kier alpha value is -2.83. The highest BCUT2D eigenvalue weighted by Gasteiger charge is 2.13. The fourth-order valence-corrected chi connectivity index (χ4v) is 2.20. The van der Waals surface area contributed by atoms with Gasteiger partial charge in [0.2, 0.25) is 11.8 Å². The molecule has 0 aliphatic heterocycles. The third kappa shape index (κ3) is 9.44. The summed E-state index contributed by atoms with van der Waals surface area (Å²) in [5.74, 6) is -0.0128. The molecule has 7 heteroatoms. The number of rotatable bonds is 11. The van der Waals surface area contributed by atoms with Crippen molar-refractivity contribution in [2.45, 2.75) is 26.7 Å². The number of esters is 1. The molecule has 1 rings (SSSR count). The summed E-state index contributed by atoms with van der Waals surface area (Å²) in [6, 6.07) is 7.44. The lowest BCUT2D eigenvalue weighted by molar-refractivity contribution is -0.141. The molecule has 148 valence electrons. The molecular weight excluding hydrogens is 348 g/mol. The number of hydrogen-bond acceptors (Lipinski definition) is 5. The second-order valence-electron chi connectivity index (χ2n) is 5.89. The second-order valence-corrected chi connectivity index (χ2v) is 5.89. The molecule has 0 fully saturated rings. The van der Waals surface area contributed by atoms with Gasteiger partial charge in [-0.25, -0.2) is 0 Å². The van der Waals surface area contributed by atoms with Crippen molar-refractivity contribution < 1.29 is 23.9 Å². The maximum atomic E-state index is 12.5. The Labute approximate surface area is 160 Å². The molecule has 27 heavy (non-hydrogen) atoms. The first kappa shape index (κ1) is 22.2. The molecule has 0 saturated heterocycles. The van der Waals surface area contributed by atoms with Crippen LogP contribution < -0.4 is 10.1 Å². The molecule has 0 heterocycles. The van der Waals surface area contributed by atoms with Crippen LogP contribution in [0.1, 0.15) is 32.3 Å². The minimum Gasteiger partial charge on any atom is -0.494 e. The first-order chi connectivity index (χ1) is 13.0. The Morgan fingerprint density at radius 2 is 1.85 bits per heavy atom. The van der Waals surface area contributed by atoms with E-state index in [2.05, 4.69) is 10.1 Å². The Kier molecular flexibility index (Phi) is 10.3. The van der Waals surface area contributed by atoms with Crippen molar-refractivity contribution in [1.29, 1.82) is 0 Å². The lowest BCUT2D eigenvalue weighted by atomic mass is 10.2. The molecule has 7 nitrogen and oxygen atoms in total. The molecule has 0 saturated carbocycles. The molecule has 0 unspecified atom stereocenters. The quantitative estimate of drug-likeness (QED) is 0.472. The van der Waals surface area contributed by atoms with Crippen LogP contribution in [-0.4, -0.2) is 56.0 Å². The lowest BCUT2D eigenvalue weighted by Crippen LogP contribution is -2.38. The third-order valence-electron chi connectivity index (χ3n) is 3.65. The van der Waals surface area contributed by atoms with Gasteiger partial charge in [0.1, 0.15) is 5.75 Å². The van der Waals surface area contributed by atoms with E-state index in [0.29, 0.717) is 19.7 Å². The van der Waals surface area contributed by atoms with Gasteiger partial charge in [0.05, 0.1) is 20.1 Å². The van der Waals surface area contributed by atoms with Crippen molar-refractivity contribution >= 4 is 23.9 Å². The molecule has 1 aromatic carbocycles. The van der Waals surface area contributed by atoms with Gasteiger partial charge in [-0.05, 0) is 30.2 Å². The van der Waals surface area contributed by atoms with E-state index >= 15 is 0 Å². The summed E-state index contributed by atoms with van der Waals surface area (Å²) in [4.78, 5) is 36.3. The van der Waals surface area contributed by atoms with E-state index in [1.54, 1.807) is 6.08 Å². The topological polar surface area (TPSA) is 84.9 Å². The fraction of sp³-hybridized carbons (Fsp3) is 0.450. The number of hydrogen-bond donors (Lipinski definition) is 1. The molecule has 0 spiro atoms. The third-order valence-corrected chi connectivity index (χ3v) is 3.65. The molecule has 2 amide bonds. The van der Waals surface area contributed by atoms with E-state index in [0.717, 1.165) is 17.7 Å². The van der Waals surface area contributed by atoms with E-state index < -0.39 is 0 Å². The van der Waals surface area contributed by atoms with Gasteiger partial charge in [-0.15, -0.1) is 0 Å². The number of benzene rings is 1. The molecule has 0 radical (unpaired) electrons. The van der Waals surface area contributed by atoms with Crippen LogP contribution in [0.3, 0.4) is 0 Å². The van der Waals surface area contributed by atoms with Crippen molar-refractivity contribution in [1.82, 2.24) is 10.2 Å². The number of methoxy groups -OCH3 is 1. The number of nitrogens with one attached hydrogen (secondary N) is 1. The van der Waals surface area contributed by atoms with E-state index in [-0.39, 0.29) is 30.7 Å². The van der Waals surface area contributed by atoms with Crippen molar-refractivity contribution in [3.63, 3.8) is 0 Å². The maximum Gasteiger partial charge on any atom is 0.307 e. The Bertz CT molecular complexity index is 640. The van der Waals surface area contributed by atoms with Gasteiger partial charge < -0.3 is 19.7 Å². The van der Waals surface area contributed by atoms with Crippen LogP contribution in [0.5, 0.6) is 5.75 Å². The predicted molar refractivity (Wildman–Crippen MR) is 103 cm³/mol. The normalized spacial score (nSPS) is 10.5. The number of carbonyl (C=O) groups is 3. The average Bonchev–Trinajstić information content (AvgIpc) is 2.67. The molecule has 0 aliphatic carbocycles. The van der Waals surface area contributed by atoms with Crippen molar-refractivity contribution in [2.24, 2.45) is 0 Å². The Morgan fingerprint density at radius 1 is 1.15 bits per heavy atom. The van der Waals surface area contributed by atoms with E-state index in [1.165, 1.54) is 25.0 Å². The standard InChI is InChI=1S/C20H28N2O5/c1-4-15-27-18-8-5-17(6-9-18)7-10-19(24)22(13-11-20(25)26-3)14-12-21-16(2)23/h5-10H,4,11-15H2,1-3H3,(H,21,23)/b10-7+. The summed E-state index contributed by atoms with van der Waals surface area (Å²) >= 11 is 0. The average molecular weight is 376 g/mol. The van der Waals surface area contributed by atoms with Crippen LogP contribution in [-0.2, 0) is 19.1 Å². The monoisotopic (exact) mass is 376 g/mol. The highest BCUT2D eigenvalue weighted by molar-refractivity contribution is 5.92. The largest absolute Gasteiger partial charge is 0.494 e. The number of ether oxygens (including phenoxy) is 2.